The van der Waals surface area contributed by atoms with E-state index in [2.05, 4.69) is 98.6 Å². The van der Waals surface area contributed by atoms with Crippen molar-refractivity contribution in [3.63, 3.8) is 0 Å². The molecule has 2 heteroatoms. The fourth-order valence-electron chi connectivity index (χ4n) is 5.01. The van der Waals surface area contributed by atoms with E-state index in [0.29, 0.717) is 0 Å². The van der Waals surface area contributed by atoms with Crippen molar-refractivity contribution in [2.45, 2.75) is 20.8 Å². The lowest BCUT2D eigenvalue weighted by atomic mass is 9.89. The number of fused-ring (bicyclic) bond motifs is 3. The number of benzene rings is 4. The van der Waals surface area contributed by atoms with Crippen LogP contribution in [0.25, 0.3) is 55.2 Å². The van der Waals surface area contributed by atoms with E-state index in [4.69, 9.17) is 4.98 Å². The van der Waals surface area contributed by atoms with Crippen molar-refractivity contribution in [2.75, 3.05) is 0 Å². The molecule has 2 aromatic heterocycles. The largest absolute Gasteiger partial charge is 0.256 e. The van der Waals surface area contributed by atoms with E-state index in [9.17, 15) is 0 Å². The molecule has 0 fully saturated rings. The van der Waals surface area contributed by atoms with Crippen molar-refractivity contribution in [3.05, 3.63) is 120 Å². The lowest BCUT2D eigenvalue weighted by molar-refractivity contribution is 1.32. The van der Waals surface area contributed by atoms with Gasteiger partial charge >= 0.3 is 0 Å². The Kier molecular flexibility index (Phi) is 5.15. The van der Waals surface area contributed by atoms with E-state index in [-0.39, 0.29) is 0 Å². The van der Waals surface area contributed by atoms with E-state index in [1.807, 2.05) is 30.6 Å². The van der Waals surface area contributed by atoms with Crippen LogP contribution in [0.1, 0.15) is 16.7 Å². The SMILES string of the molecule is Cc1ccc2c(c1)c(-c1ccc(C)c(-c3cc(-c4ccccn4)ccc3C)c1)cc1ncccc12. The lowest BCUT2D eigenvalue weighted by Crippen LogP contribution is -1.92. The first-order valence-corrected chi connectivity index (χ1v) is 12.0. The van der Waals surface area contributed by atoms with Gasteiger partial charge in [0.15, 0.2) is 0 Å². The summed E-state index contributed by atoms with van der Waals surface area (Å²) in [6.45, 7) is 6.53. The van der Waals surface area contributed by atoms with Crippen LogP contribution in [0.2, 0.25) is 0 Å². The number of aromatic nitrogens is 2. The highest BCUT2D eigenvalue weighted by Crippen LogP contribution is 2.38. The standard InChI is InChI=1S/C33H26N2/c1-21-9-14-26-27-7-6-16-35-33(27)20-30(31(26)17-21)24-12-10-22(2)28(18-24)29-19-25(13-11-23(29)3)32-8-4-5-15-34-32/h4-20H,1-3H3. The van der Waals surface area contributed by atoms with Crippen LogP contribution in [-0.2, 0) is 0 Å². The second-order valence-electron chi connectivity index (χ2n) is 9.32. The molecule has 0 amide bonds. The average Bonchev–Trinajstić information content (AvgIpc) is 2.89. The fraction of sp³-hybridized carbons (Fsp3) is 0.0909. The first-order valence-electron chi connectivity index (χ1n) is 12.0. The predicted molar refractivity (Wildman–Crippen MR) is 148 cm³/mol. The van der Waals surface area contributed by atoms with Crippen molar-refractivity contribution in [2.24, 2.45) is 0 Å². The van der Waals surface area contributed by atoms with Crippen molar-refractivity contribution in [3.8, 4) is 33.5 Å². The summed E-state index contributed by atoms with van der Waals surface area (Å²) in [4.78, 5) is 9.26. The maximum atomic E-state index is 4.69. The Morgan fingerprint density at radius 2 is 1.23 bits per heavy atom. The van der Waals surface area contributed by atoms with E-state index in [1.54, 1.807) is 0 Å². The first kappa shape index (κ1) is 21.2. The van der Waals surface area contributed by atoms with Crippen LogP contribution in [0.3, 0.4) is 0 Å². The summed E-state index contributed by atoms with van der Waals surface area (Å²) in [7, 11) is 0. The van der Waals surface area contributed by atoms with Gasteiger partial charge in [-0.1, -0.05) is 60.2 Å². The molecule has 2 nitrogen and oxygen atoms in total. The van der Waals surface area contributed by atoms with Gasteiger partial charge in [-0.3, -0.25) is 9.97 Å². The monoisotopic (exact) mass is 450 g/mol. The number of pyridine rings is 2. The van der Waals surface area contributed by atoms with Crippen LogP contribution < -0.4 is 0 Å². The topological polar surface area (TPSA) is 25.8 Å². The van der Waals surface area contributed by atoms with Gasteiger partial charge in [0, 0.05) is 23.3 Å². The molecule has 0 aliphatic heterocycles. The Balaban J connectivity index is 1.58. The number of rotatable bonds is 3. The van der Waals surface area contributed by atoms with Crippen LogP contribution in [0, 0.1) is 20.8 Å². The molecule has 4 aromatic carbocycles. The van der Waals surface area contributed by atoms with Gasteiger partial charge in [-0.05, 0) is 101 Å². The Hall–Kier alpha value is -4.30. The molecular weight excluding hydrogens is 424 g/mol. The molecular formula is C33H26N2. The van der Waals surface area contributed by atoms with Crippen molar-refractivity contribution >= 4 is 21.7 Å². The lowest BCUT2D eigenvalue weighted by Gasteiger charge is -2.16. The Morgan fingerprint density at radius 1 is 0.486 bits per heavy atom. The van der Waals surface area contributed by atoms with Crippen LogP contribution in [-0.4, -0.2) is 9.97 Å². The second-order valence-corrected chi connectivity index (χ2v) is 9.32. The summed E-state index contributed by atoms with van der Waals surface area (Å²) >= 11 is 0. The van der Waals surface area contributed by atoms with Gasteiger partial charge < -0.3 is 0 Å². The summed E-state index contributed by atoms with van der Waals surface area (Å²) in [5.41, 5.74) is 11.8. The fourth-order valence-corrected chi connectivity index (χ4v) is 5.01. The van der Waals surface area contributed by atoms with Crippen molar-refractivity contribution < 1.29 is 0 Å². The van der Waals surface area contributed by atoms with Gasteiger partial charge in [0.25, 0.3) is 0 Å². The first-order chi connectivity index (χ1) is 17.1. The van der Waals surface area contributed by atoms with Crippen molar-refractivity contribution in [1.82, 2.24) is 9.97 Å². The second kappa shape index (κ2) is 8.48. The molecule has 0 atom stereocenters. The minimum absolute atomic E-state index is 0.990. The molecule has 35 heavy (non-hydrogen) atoms. The molecule has 0 saturated carbocycles. The summed E-state index contributed by atoms with van der Waals surface area (Å²) in [5.74, 6) is 0. The van der Waals surface area contributed by atoms with Gasteiger partial charge in [-0.2, -0.15) is 0 Å². The van der Waals surface area contributed by atoms with Gasteiger partial charge in [-0.25, -0.2) is 0 Å². The Labute approximate surface area is 206 Å². The molecule has 0 saturated heterocycles. The molecule has 0 radical (unpaired) electrons. The van der Waals surface area contributed by atoms with Gasteiger partial charge in [0.1, 0.15) is 0 Å². The van der Waals surface area contributed by atoms with Crippen molar-refractivity contribution in [1.29, 1.82) is 0 Å². The molecule has 0 aliphatic carbocycles. The smallest absolute Gasteiger partial charge is 0.0714 e. The molecule has 0 aliphatic rings. The summed E-state index contributed by atoms with van der Waals surface area (Å²) in [5, 5.41) is 3.70. The van der Waals surface area contributed by atoms with E-state index >= 15 is 0 Å². The molecule has 6 rings (SSSR count). The third kappa shape index (κ3) is 3.77. The molecule has 168 valence electrons. The summed E-state index contributed by atoms with van der Waals surface area (Å²) < 4.78 is 0. The maximum Gasteiger partial charge on any atom is 0.0714 e. The Morgan fingerprint density at radius 3 is 2.00 bits per heavy atom. The van der Waals surface area contributed by atoms with Crippen LogP contribution in [0.4, 0.5) is 0 Å². The molecule has 0 unspecified atom stereocenters. The normalized spacial score (nSPS) is 11.3. The average molecular weight is 451 g/mol. The predicted octanol–water partition coefficient (Wildman–Crippen LogP) is 8.71. The van der Waals surface area contributed by atoms with Gasteiger partial charge in [-0.15, -0.1) is 0 Å². The zero-order chi connectivity index (χ0) is 23.9. The minimum atomic E-state index is 0.990. The highest BCUT2D eigenvalue weighted by atomic mass is 14.7. The number of hydrogen-bond donors (Lipinski definition) is 0. The molecule has 0 bridgehead atoms. The molecule has 0 N–H and O–H groups in total. The molecule has 2 heterocycles. The summed E-state index contributed by atoms with van der Waals surface area (Å²) in [6, 6.07) is 32.6. The summed E-state index contributed by atoms with van der Waals surface area (Å²) in [6.07, 6.45) is 3.72. The maximum absolute atomic E-state index is 4.69. The highest BCUT2D eigenvalue weighted by molar-refractivity contribution is 6.13. The van der Waals surface area contributed by atoms with Gasteiger partial charge in [0.05, 0.1) is 11.2 Å². The van der Waals surface area contributed by atoms with Crippen LogP contribution in [0.5, 0.6) is 0 Å². The highest BCUT2D eigenvalue weighted by Gasteiger charge is 2.13. The zero-order valence-electron chi connectivity index (χ0n) is 20.2. The van der Waals surface area contributed by atoms with E-state index in [0.717, 1.165) is 16.8 Å². The zero-order valence-corrected chi connectivity index (χ0v) is 20.2. The van der Waals surface area contributed by atoms with E-state index in [1.165, 1.54) is 55.1 Å². The minimum Gasteiger partial charge on any atom is -0.256 e. The Bertz CT molecular complexity index is 1720. The van der Waals surface area contributed by atoms with Crippen LogP contribution in [0.15, 0.2) is 103 Å². The number of aryl methyl sites for hydroxylation is 3. The number of hydrogen-bond acceptors (Lipinski definition) is 2. The quantitative estimate of drug-likeness (QED) is 0.252. The number of nitrogens with zero attached hydrogens (tertiary/aromatic N) is 2. The molecule has 6 aromatic rings. The van der Waals surface area contributed by atoms with Crippen LogP contribution >= 0.6 is 0 Å². The third-order valence-corrected chi connectivity index (χ3v) is 6.91. The third-order valence-electron chi connectivity index (χ3n) is 6.91. The molecule has 0 spiro atoms. The van der Waals surface area contributed by atoms with Gasteiger partial charge in [0.2, 0.25) is 0 Å². The van der Waals surface area contributed by atoms with E-state index < -0.39 is 0 Å².